The van der Waals surface area contributed by atoms with E-state index in [1.165, 1.54) is 5.56 Å². The molecule has 0 bridgehead atoms. The lowest BCUT2D eigenvalue weighted by atomic mass is 9.77. The van der Waals surface area contributed by atoms with Crippen molar-refractivity contribution >= 4 is 30.2 Å². The van der Waals surface area contributed by atoms with Crippen molar-refractivity contribution in [1.82, 2.24) is 15.1 Å². The number of aromatic carboxylic acids is 1. The van der Waals surface area contributed by atoms with Crippen LogP contribution >= 0.6 is 12.4 Å². The fourth-order valence-corrected chi connectivity index (χ4v) is 6.89. The number of carbonyl (C=O) groups excluding carboxylic acids is 2. The molecule has 2 aromatic rings. The van der Waals surface area contributed by atoms with Gasteiger partial charge in [0.25, 0.3) is 0 Å². The summed E-state index contributed by atoms with van der Waals surface area (Å²) in [5, 5.41) is 23.3. The molecule has 0 radical (unpaired) electrons. The Bertz CT molecular complexity index is 1240. The largest absolute Gasteiger partial charge is 0.478 e. The molecular formula is C33H44ClN3O5. The first-order chi connectivity index (χ1) is 19.7. The number of piperidine rings is 1. The molecule has 2 amide bonds. The topological polar surface area (TPSA) is 110 Å². The van der Waals surface area contributed by atoms with Crippen molar-refractivity contribution in [2.24, 2.45) is 0 Å². The maximum atomic E-state index is 13.8. The van der Waals surface area contributed by atoms with Crippen LogP contribution in [0.1, 0.15) is 87.1 Å². The van der Waals surface area contributed by atoms with E-state index in [0.29, 0.717) is 38.6 Å². The van der Waals surface area contributed by atoms with Gasteiger partial charge < -0.3 is 20.4 Å². The summed E-state index contributed by atoms with van der Waals surface area (Å²) in [5.41, 5.74) is 1.75. The molecule has 2 saturated heterocycles. The first-order valence-corrected chi connectivity index (χ1v) is 15.2. The lowest BCUT2D eigenvalue weighted by molar-refractivity contribution is -0.163. The third-order valence-corrected chi connectivity index (χ3v) is 9.42. The van der Waals surface area contributed by atoms with Gasteiger partial charge in [0.1, 0.15) is 11.6 Å². The maximum absolute atomic E-state index is 13.8. The zero-order chi connectivity index (χ0) is 29.0. The maximum Gasteiger partial charge on any atom is 0.335 e. The Morgan fingerprint density at radius 2 is 1.52 bits per heavy atom. The average Bonchev–Trinajstić information content (AvgIpc) is 2.98. The van der Waals surface area contributed by atoms with Gasteiger partial charge in [-0.2, -0.15) is 0 Å². The number of carboxylic acid groups (broad SMARTS) is 1. The minimum Gasteiger partial charge on any atom is -0.478 e. The number of benzene rings is 2. The lowest BCUT2D eigenvalue weighted by Crippen LogP contribution is -2.73. The Kier molecular flexibility index (Phi) is 10.3. The van der Waals surface area contributed by atoms with Crippen molar-refractivity contribution in [2.45, 2.75) is 94.9 Å². The molecule has 3 aliphatic rings. The molecule has 42 heavy (non-hydrogen) atoms. The molecule has 3 N–H and O–H groups in total. The van der Waals surface area contributed by atoms with E-state index < -0.39 is 23.2 Å². The fourth-order valence-electron chi connectivity index (χ4n) is 6.89. The Morgan fingerprint density at radius 1 is 0.929 bits per heavy atom. The molecule has 1 atom stereocenters. The van der Waals surface area contributed by atoms with Crippen LogP contribution in [0, 0.1) is 0 Å². The van der Waals surface area contributed by atoms with Gasteiger partial charge in [-0.25, -0.2) is 4.79 Å². The summed E-state index contributed by atoms with van der Waals surface area (Å²) >= 11 is 0. The second kappa shape index (κ2) is 13.6. The molecule has 228 valence electrons. The van der Waals surface area contributed by atoms with E-state index in [1.54, 1.807) is 12.1 Å². The third kappa shape index (κ3) is 6.82. The normalized spacial score (nSPS) is 22.0. The SMILES string of the molecule is CCCCN1C(=O)[C@@H](CC2(O)CCCCC2)NC(=O)C12CCN(Cc1ccc(-c3ccc(C(=O)O)cc3)cc1)CC2.Cl. The van der Waals surface area contributed by atoms with Crippen LogP contribution in [0.3, 0.4) is 0 Å². The fraction of sp³-hybridized carbons (Fsp3) is 0.545. The predicted molar refractivity (Wildman–Crippen MR) is 165 cm³/mol. The molecule has 3 fully saturated rings. The summed E-state index contributed by atoms with van der Waals surface area (Å²) in [4.78, 5) is 42.8. The van der Waals surface area contributed by atoms with E-state index in [-0.39, 0.29) is 29.8 Å². The van der Waals surface area contributed by atoms with Crippen molar-refractivity contribution in [3.8, 4) is 11.1 Å². The Hall–Kier alpha value is -2.94. The number of halogens is 1. The van der Waals surface area contributed by atoms with Crippen molar-refractivity contribution in [3.63, 3.8) is 0 Å². The molecule has 2 aliphatic heterocycles. The Balaban J connectivity index is 0.00000405. The third-order valence-electron chi connectivity index (χ3n) is 9.42. The van der Waals surface area contributed by atoms with Gasteiger partial charge in [0, 0.05) is 32.6 Å². The number of nitrogens with one attached hydrogen (secondary N) is 1. The quantitative estimate of drug-likeness (QED) is 0.374. The number of nitrogens with zero attached hydrogens (tertiary/aromatic N) is 2. The number of amides is 2. The smallest absolute Gasteiger partial charge is 0.335 e. The zero-order valence-electron chi connectivity index (χ0n) is 24.5. The average molecular weight is 598 g/mol. The summed E-state index contributed by atoms with van der Waals surface area (Å²) in [6.07, 6.45) is 7.73. The first kappa shape index (κ1) is 32.0. The molecule has 8 nitrogen and oxygen atoms in total. The molecule has 5 rings (SSSR count). The molecule has 2 heterocycles. The molecular weight excluding hydrogens is 554 g/mol. The lowest BCUT2D eigenvalue weighted by Gasteiger charge is -2.52. The number of hydrogen-bond acceptors (Lipinski definition) is 5. The van der Waals surface area contributed by atoms with Gasteiger partial charge in [0.05, 0.1) is 11.2 Å². The first-order valence-electron chi connectivity index (χ1n) is 15.2. The molecule has 1 spiro atoms. The van der Waals surface area contributed by atoms with Crippen molar-refractivity contribution in [2.75, 3.05) is 19.6 Å². The number of carboxylic acids is 1. The van der Waals surface area contributed by atoms with Crippen LogP contribution in [0.15, 0.2) is 48.5 Å². The number of unbranched alkanes of at least 4 members (excludes halogenated alkanes) is 1. The van der Waals surface area contributed by atoms with Crippen LogP contribution in [-0.4, -0.2) is 74.6 Å². The van der Waals surface area contributed by atoms with E-state index in [0.717, 1.165) is 62.9 Å². The monoisotopic (exact) mass is 597 g/mol. The second-order valence-electron chi connectivity index (χ2n) is 12.2. The highest BCUT2D eigenvalue weighted by atomic mass is 35.5. The predicted octanol–water partition coefficient (Wildman–Crippen LogP) is 5.02. The summed E-state index contributed by atoms with van der Waals surface area (Å²) in [6.45, 7) is 4.87. The van der Waals surface area contributed by atoms with Crippen molar-refractivity contribution in [3.05, 3.63) is 59.7 Å². The van der Waals surface area contributed by atoms with Crippen LogP contribution in [-0.2, 0) is 16.1 Å². The molecule has 0 aromatic heterocycles. The van der Waals surface area contributed by atoms with Gasteiger partial charge >= 0.3 is 5.97 Å². The van der Waals surface area contributed by atoms with Crippen LogP contribution < -0.4 is 5.32 Å². The zero-order valence-corrected chi connectivity index (χ0v) is 25.3. The summed E-state index contributed by atoms with van der Waals surface area (Å²) in [7, 11) is 0. The highest BCUT2D eigenvalue weighted by Crippen LogP contribution is 2.37. The van der Waals surface area contributed by atoms with Crippen LogP contribution in [0.4, 0.5) is 0 Å². The molecule has 1 aliphatic carbocycles. The minimum absolute atomic E-state index is 0. The van der Waals surface area contributed by atoms with E-state index >= 15 is 0 Å². The Labute approximate surface area is 254 Å². The number of rotatable bonds is 9. The van der Waals surface area contributed by atoms with E-state index in [1.807, 2.05) is 17.0 Å². The van der Waals surface area contributed by atoms with Gasteiger partial charge in [-0.1, -0.05) is 69.0 Å². The standard InChI is InChI=1S/C33H43N3O5.ClH/c1-2-3-19-36-29(37)28(22-32(41)15-5-4-6-16-32)34-31(40)33(36)17-20-35(21-18-33)23-24-7-9-25(10-8-24)26-11-13-27(14-12-26)30(38)39;/h7-14,28,41H,2-6,15-23H2,1H3,(H,34,40)(H,38,39);1H/t28-;/m1./s1. The van der Waals surface area contributed by atoms with Gasteiger partial charge in [0.15, 0.2) is 0 Å². The van der Waals surface area contributed by atoms with E-state index in [9.17, 15) is 19.5 Å². The second-order valence-corrected chi connectivity index (χ2v) is 12.2. The van der Waals surface area contributed by atoms with E-state index in [2.05, 4.69) is 41.4 Å². The number of likely N-dealkylation sites (tertiary alicyclic amines) is 1. The Morgan fingerprint density at radius 3 is 2.10 bits per heavy atom. The summed E-state index contributed by atoms with van der Waals surface area (Å²) in [6, 6.07) is 14.5. The summed E-state index contributed by atoms with van der Waals surface area (Å²) < 4.78 is 0. The minimum atomic E-state index is -0.934. The van der Waals surface area contributed by atoms with Crippen LogP contribution in [0.2, 0.25) is 0 Å². The van der Waals surface area contributed by atoms with Gasteiger partial charge in [-0.15, -0.1) is 12.4 Å². The molecule has 0 unspecified atom stereocenters. The van der Waals surface area contributed by atoms with Gasteiger partial charge in [-0.05, 0) is 60.9 Å². The molecule has 9 heteroatoms. The van der Waals surface area contributed by atoms with Crippen LogP contribution in [0.5, 0.6) is 0 Å². The van der Waals surface area contributed by atoms with Gasteiger partial charge in [-0.3, -0.25) is 14.5 Å². The molecule has 1 saturated carbocycles. The number of hydrogen-bond donors (Lipinski definition) is 3. The number of piperazine rings is 1. The van der Waals surface area contributed by atoms with Crippen molar-refractivity contribution < 1.29 is 24.6 Å². The highest BCUT2D eigenvalue weighted by molar-refractivity contribution is 6.00. The molecule has 2 aromatic carbocycles. The van der Waals surface area contributed by atoms with Gasteiger partial charge in [0.2, 0.25) is 11.8 Å². The summed E-state index contributed by atoms with van der Waals surface area (Å²) in [5.74, 6) is -1.02. The van der Waals surface area contributed by atoms with E-state index in [4.69, 9.17) is 5.11 Å². The number of aliphatic hydroxyl groups is 1. The van der Waals surface area contributed by atoms with Crippen LogP contribution in [0.25, 0.3) is 11.1 Å². The number of carbonyl (C=O) groups is 3. The van der Waals surface area contributed by atoms with Crippen molar-refractivity contribution in [1.29, 1.82) is 0 Å². The highest BCUT2D eigenvalue weighted by Gasteiger charge is 2.54.